The highest BCUT2D eigenvalue weighted by atomic mass is 32.2. The third kappa shape index (κ3) is 5.44. The van der Waals surface area contributed by atoms with Crippen LogP contribution in [0.2, 0.25) is 0 Å². The Bertz CT molecular complexity index is 1320. The molecule has 3 aromatic rings. The molecule has 0 amide bonds. The van der Waals surface area contributed by atoms with Gasteiger partial charge in [0.05, 0.1) is 32.8 Å². The molecule has 7 nitrogen and oxygen atoms in total. The van der Waals surface area contributed by atoms with Gasteiger partial charge in [0.15, 0.2) is 5.13 Å². The molecule has 1 heterocycles. The quantitative estimate of drug-likeness (QED) is 0.487. The molecule has 0 bridgehead atoms. The maximum atomic E-state index is 13.1. The first-order chi connectivity index (χ1) is 14.5. The largest absolute Gasteiger partial charge is 0.481 e. The lowest BCUT2D eigenvalue weighted by Crippen LogP contribution is -2.14. The number of benzene rings is 2. The van der Waals surface area contributed by atoms with Gasteiger partial charge in [0.25, 0.3) is 10.0 Å². The van der Waals surface area contributed by atoms with E-state index in [1.807, 2.05) is 0 Å². The molecule has 0 fully saturated rings. The summed E-state index contributed by atoms with van der Waals surface area (Å²) in [4.78, 5) is 14.5. The van der Waals surface area contributed by atoms with Crippen molar-refractivity contribution in [3.63, 3.8) is 0 Å². The summed E-state index contributed by atoms with van der Waals surface area (Å²) >= 11 is 1.09. The zero-order chi connectivity index (χ0) is 22.8. The average Bonchev–Trinajstić information content (AvgIpc) is 3.04. The summed E-state index contributed by atoms with van der Waals surface area (Å²) < 4.78 is 67.6. The lowest BCUT2D eigenvalue weighted by Gasteiger charge is -2.13. The van der Waals surface area contributed by atoms with Crippen LogP contribution < -0.4 is 10.5 Å². The number of carbonyl (C=O) groups is 1. The smallest absolute Gasteiger partial charge is 0.416 e. The highest BCUT2D eigenvalue weighted by molar-refractivity contribution is 7.92. The van der Waals surface area contributed by atoms with E-state index < -0.39 is 27.7 Å². The summed E-state index contributed by atoms with van der Waals surface area (Å²) in [5.74, 6) is 3.76. The van der Waals surface area contributed by atoms with Gasteiger partial charge in [0, 0.05) is 12.0 Å². The molecule has 4 N–H and O–H groups in total. The molecule has 0 radical (unpaired) electrons. The van der Waals surface area contributed by atoms with Crippen LogP contribution in [0.5, 0.6) is 0 Å². The first kappa shape index (κ1) is 22.4. The Morgan fingerprint density at radius 3 is 2.65 bits per heavy atom. The van der Waals surface area contributed by atoms with Crippen molar-refractivity contribution in [2.75, 3.05) is 10.5 Å². The molecular formula is C19H14F3N3O4S2. The maximum absolute atomic E-state index is 13.1. The third-order valence-corrected chi connectivity index (χ3v) is 6.18. The van der Waals surface area contributed by atoms with Crippen LogP contribution in [-0.2, 0) is 21.0 Å². The fourth-order valence-electron chi connectivity index (χ4n) is 2.53. The van der Waals surface area contributed by atoms with Crippen LogP contribution in [0, 0.1) is 11.8 Å². The summed E-state index contributed by atoms with van der Waals surface area (Å²) in [6, 6.07) is 6.52. The van der Waals surface area contributed by atoms with Crippen LogP contribution in [0.25, 0.3) is 10.2 Å². The number of thiazole rings is 1. The number of rotatable bonds is 5. The normalized spacial score (nSPS) is 11.7. The second-order valence-electron chi connectivity index (χ2n) is 6.24. The lowest BCUT2D eigenvalue weighted by molar-refractivity contribution is -0.138. The fraction of sp³-hybridized carbons (Fsp3) is 0.158. The van der Waals surface area contributed by atoms with Crippen LogP contribution >= 0.6 is 11.3 Å². The van der Waals surface area contributed by atoms with Gasteiger partial charge in [-0.2, -0.15) is 13.2 Å². The van der Waals surface area contributed by atoms with Crippen LogP contribution in [0.1, 0.15) is 24.0 Å². The standard InChI is InChI=1S/C19H14F3N3O4S2/c20-19(21,22)12-5-7-14(11(9-12)3-1-2-4-17(26)27)25-31(28,29)13-6-8-15-16(10-13)30-18(23)24-15/h5-10,25H,2,4H2,(H2,23,24)(H,26,27). The number of nitrogens with zero attached hydrogens (tertiary/aromatic N) is 1. The Labute approximate surface area is 178 Å². The number of carboxylic acids is 1. The van der Waals surface area contributed by atoms with E-state index in [1.165, 1.54) is 18.2 Å². The van der Waals surface area contributed by atoms with Crippen molar-refractivity contribution in [1.82, 2.24) is 4.98 Å². The topological polar surface area (TPSA) is 122 Å². The highest BCUT2D eigenvalue weighted by Gasteiger charge is 2.31. The summed E-state index contributed by atoms with van der Waals surface area (Å²) in [7, 11) is -4.17. The predicted molar refractivity (Wildman–Crippen MR) is 110 cm³/mol. The minimum absolute atomic E-state index is 0.110. The van der Waals surface area contributed by atoms with Crippen molar-refractivity contribution < 1.29 is 31.5 Å². The molecule has 0 saturated heterocycles. The molecular weight excluding hydrogens is 455 g/mol. The second kappa shape index (κ2) is 8.44. The van der Waals surface area contributed by atoms with Gasteiger partial charge >= 0.3 is 12.1 Å². The van der Waals surface area contributed by atoms with Crippen molar-refractivity contribution >= 4 is 48.4 Å². The van der Waals surface area contributed by atoms with Crippen LogP contribution in [0.4, 0.5) is 24.0 Å². The van der Waals surface area contributed by atoms with E-state index in [9.17, 15) is 26.4 Å². The number of hydrogen-bond acceptors (Lipinski definition) is 6. The van der Waals surface area contributed by atoms with E-state index >= 15 is 0 Å². The van der Waals surface area contributed by atoms with Gasteiger partial charge < -0.3 is 10.8 Å². The van der Waals surface area contributed by atoms with Crippen LogP contribution in [0.15, 0.2) is 41.3 Å². The molecule has 0 atom stereocenters. The molecule has 0 aliphatic rings. The van der Waals surface area contributed by atoms with Crippen molar-refractivity contribution in [2.45, 2.75) is 23.9 Å². The Morgan fingerprint density at radius 1 is 1.23 bits per heavy atom. The van der Waals surface area contributed by atoms with Gasteiger partial charge in [-0.25, -0.2) is 13.4 Å². The molecule has 0 spiro atoms. The predicted octanol–water partition coefficient (Wildman–Crippen LogP) is 3.91. The first-order valence-corrected chi connectivity index (χ1v) is 10.9. The number of aromatic nitrogens is 1. The van der Waals surface area contributed by atoms with E-state index in [1.54, 1.807) is 0 Å². The number of carboxylic acid groups (broad SMARTS) is 1. The number of nitrogens with one attached hydrogen (secondary N) is 1. The number of hydrogen-bond donors (Lipinski definition) is 3. The number of alkyl halides is 3. The second-order valence-corrected chi connectivity index (χ2v) is 8.99. The van der Waals surface area contributed by atoms with Gasteiger partial charge in [0.1, 0.15) is 0 Å². The van der Waals surface area contributed by atoms with Gasteiger partial charge in [0.2, 0.25) is 0 Å². The molecule has 0 saturated carbocycles. The Morgan fingerprint density at radius 2 is 1.97 bits per heavy atom. The van der Waals surface area contributed by atoms with Crippen LogP contribution in [0.3, 0.4) is 0 Å². The SMILES string of the molecule is Nc1nc2ccc(S(=O)(=O)Nc3ccc(C(F)(F)F)cc3C#CCCC(=O)O)cc2s1. The number of anilines is 2. The van der Waals surface area contributed by atoms with Crippen molar-refractivity contribution in [3.05, 3.63) is 47.5 Å². The molecule has 162 valence electrons. The van der Waals surface area contributed by atoms with E-state index in [0.29, 0.717) is 16.3 Å². The van der Waals surface area contributed by atoms with Crippen molar-refractivity contribution in [3.8, 4) is 11.8 Å². The molecule has 31 heavy (non-hydrogen) atoms. The summed E-state index contributed by atoms with van der Waals surface area (Å²) in [5, 5.41) is 8.92. The molecule has 3 rings (SSSR count). The van der Waals surface area contributed by atoms with E-state index in [2.05, 4.69) is 21.5 Å². The number of nitrogens with two attached hydrogens (primary N) is 1. The van der Waals surface area contributed by atoms with Gasteiger partial charge in [-0.3, -0.25) is 9.52 Å². The van der Waals surface area contributed by atoms with Gasteiger partial charge in [-0.15, -0.1) is 0 Å². The highest BCUT2D eigenvalue weighted by Crippen LogP contribution is 2.33. The van der Waals surface area contributed by atoms with Gasteiger partial charge in [-0.1, -0.05) is 23.2 Å². The fourth-order valence-corrected chi connectivity index (χ4v) is 4.49. The van der Waals surface area contributed by atoms with E-state index in [0.717, 1.165) is 23.5 Å². The summed E-state index contributed by atoms with van der Waals surface area (Å²) in [6.07, 6.45) is -5.07. The summed E-state index contributed by atoms with van der Waals surface area (Å²) in [6.45, 7) is 0. The zero-order valence-corrected chi connectivity index (χ0v) is 17.2. The zero-order valence-electron chi connectivity index (χ0n) is 15.5. The molecule has 0 aliphatic carbocycles. The first-order valence-electron chi connectivity index (χ1n) is 8.56. The minimum Gasteiger partial charge on any atom is -0.481 e. The van der Waals surface area contributed by atoms with Gasteiger partial charge in [-0.05, 0) is 36.4 Å². The Kier molecular flexibility index (Phi) is 6.10. The van der Waals surface area contributed by atoms with E-state index in [-0.39, 0.29) is 34.1 Å². The monoisotopic (exact) mass is 469 g/mol. The van der Waals surface area contributed by atoms with Crippen LogP contribution in [-0.4, -0.2) is 24.5 Å². The number of halogens is 3. The third-order valence-electron chi connectivity index (χ3n) is 3.96. The Hall–Kier alpha value is -3.30. The number of nitrogen functional groups attached to an aromatic ring is 1. The van der Waals surface area contributed by atoms with Crippen molar-refractivity contribution in [2.24, 2.45) is 0 Å². The number of sulfonamides is 1. The molecule has 0 aliphatic heterocycles. The molecule has 2 aromatic carbocycles. The lowest BCUT2D eigenvalue weighted by atomic mass is 10.1. The maximum Gasteiger partial charge on any atom is 0.416 e. The minimum atomic E-state index is -4.66. The average molecular weight is 469 g/mol. The molecule has 12 heteroatoms. The van der Waals surface area contributed by atoms with E-state index in [4.69, 9.17) is 10.8 Å². The molecule has 0 unspecified atom stereocenters. The number of fused-ring (bicyclic) bond motifs is 1. The van der Waals surface area contributed by atoms with Crippen molar-refractivity contribution in [1.29, 1.82) is 0 Å². The number of aliphatic carboxylic acids is 1. The molecule has 1 aromatic heterocycles. The Balaban J connectivity index is 1.98. The summed E-state index contributed by atoms with van der Waals surface area (Å²) in [5.41, 5.74) is 4.72.